The predicted octanol–water partition coefficient (Wildman–Crippen LogP) is 2.66. The van der Waals surface area contributed by atoms with E-state index in [1.807, 2.05) is 0 Å². The van der Waals surface area contributed by atoms with E-state index >= 15 is 0 Å². The highest BCUT2D eigenvalue weighted by atomic mass is 32.1. The van der Waals surface area contributed by atoms with Crippen LogP contribution in [0.3, 0.4) is 0 Å². The van der Waals surface area contributed by atoms with Gasteiger partial charge in [-0.1, -0.05) is 18.2 Å². The maximum Gasteiger partial charge on any atom is 0.251 e. The molecule has 0 radical (unpaired) electrons. The number of aromatic nitrogens is 1. The van der Waals surface area contributed by atoms with Crippen molar-refractivity contribution in [2.45, 2.75) is 25.1 Å². The van der Waals surface area contributed by atoms with Crippen LogP contribution < -0.4 is 5.32 Å². The molecule has 1 saturated heterocycles. The Morgan fingerprint density at radius 2 is 2.08 bits per heavy atom. The second-order valence-electron chi connectivity index (χ2n) is 6.66. The summed E-state index contributed by atoms with van der Waals surface area (Å²) < 4.78 is 1.29. The van der Waals surface area contributed by atoms with Crippen LogP contribution in [-0.4, -0.2) is 46.1 Å². The first kappa shape index (κ1) is 17.1. The third-order valence-corrected chi connectivity index (χ3v) is 5.88. The predicted molar refractivity (Wildman–Crippen MR) is 103 cm³/mol. The highest BCUT2D eigenvalue weighted by molar-refractivity contribution is 7.19. The van der Waals surface area contributed by atoms with Gasteiger partial charge < -0.3 is 10.4 Å². The molecule has 4 rings (SSSR count). The molecule has 1 aliphatic heterocycles. The van der Waals surface area contributed by atoms with Gasteiger partial charge in [0.15, 0.2) is 0 Å². The third kappa shape index (κ3) is 3.77. The lowest BCUT2D eigenvalue weighted by atomic mass is 10.0. The molecule has 0 saturated carbocycles. The Balaban J connectivity index is 1.35. The number of likely N-dealkylation sites (tertiary alicyclic amines) is 1. The number of hydrogen-bond acceptors (Lipinski definition) is 5. The smallest absolute Gasteiger partial charge is 0.251 e. The highest BCUT2D eigenvalue weighted by Crippen LogP contribution is 2.27. The van der Waals surface area contributed by atoms with Gasteiger partial charge in [-0.25, -0.2) is 0 Å². The molecule has 1 aliphatic rings. The van der Waals surface area contributed by atoms with Crippen LogP contribution >= 0.6 is 11.3 Å². The van der Waals surface area contributed by atoms with E-state index < -0.39 is 6.10 Å². The minimum absolute atomic E-state index is 0.158. The fourth-order valence-corrected chi connectivity index (χ4v) is 4.51. The molecule has 0 bridgehead atoms. The Bertz CT molecular complexity index is 863. The zero-order valence-electron chi connectivity index (χ0n) is 14.3. The van der Waals surface area contributed by atoms with Crippen molar-refractivity contribution in [2.75, 3.05) is 13.1 Å². The van der Waals surface area contributed by atoms with Crippen molar-refractivity contribution in [3.05, 3.63) is 65.3 Å². The Morgan fingerprint density at radius 1 is 1.27 bits per heavy atom. The molecule has 0 unspecified atom stereocenters. The Kier molecular flexibility index (Phi) is 4.97. The molecular weight excluding hydrogens is 346 g/mol. The molecule has 1 amide bonds. The number of aliphatic hydroxyl groups excluding tert-OH is 1. The van der Waals surface area contributed by atoms with E-state index in [-0.39, 0.29) is 11.9 Å². The van der Waals surface area contributed by atoms with Crippen LogP contribution in [0.25, 0.3) is 10.1 Å². The lowest BCUT2D eigenvalue weighted by molar-refractivity contribution is 0.0353. The summed E-state index contributed by atoms with van der Waals surface area (Å²) >= 11 is 1.80. The maximum absolute atomic E-state index is 12.3. The third-order valence-electron chi connectivity index (χ3n) is 4.78. The number of amides is 1. The van der Waals surface area contributed by atoms with Gasteiger partial charge in [-0.05, 0) is 36.1 Å². The van der Waals surface area contributed by atoms with E-state index in [1.54, 1.807) is 35.9 Å². The molecule has 1 aromatic carbocycles. The van der Waals surface area contributed by atoms with Gasteiger partial charge in [0.2, 0.25) is 0 Å². The van der Waals surface area contributed by atoms with Crippen LogP contribution in [0.5, 0.6) is 0 Å². The van der Waals surface area contributed by atoms with Gasteiger partial charge in [-0.3, -0.25) is 14.7 Å². The van der Waals surface area contributed by atoms with Crippen molar-refractivity contribution in [3.63, 3.8) is 0 Å². The van der Waals surface area contributed by atoms with Crippen LogP contribution in [-0.2, 0) is 6.54 Å². The summed E-state index contributed by atoms with van der Waals surface area (Å²) in [5, 5.41) is 14.7. The van der Waals surface area contributed by atoms with E-state index in [2.05, 4.69) is 45.5 Å². The minimum Gasteiger partial charge on any atom is -0.390 e. The van der Waals surface area contributed by atoms with E-state index in [1.165, 1.54) is 15.0 Å². The van der Waals surface area contributed by atoms with Crippen molar-refractivity contribution < 1.29 is 9.90 Å². The largest absolute Gasteiger partial charge is 0.390 e. The second kappa shape index (κ2) is 7.53. The summed E-state index contributed by atoms with van der Waals surface area (Å²) in [6.45, 7) is 2.25. The molecule has 6 heteroatoms. The number of fused-ring (bicyclic) bond motifs is 1. The Morgan fingerprint density at radius 3 is 2.85 bits per heavy atom. The number of carbonyl (C=O) groups is 1. The molecule has 3 heterocycles. The van der Waals surface area contributed by atoms with Crippen molar-refractivity contribution in [1.82, 2.24) is 15.2 Å². The summed E-state index contributed by atoms with van der Waals surface area (Å²) in [4.78, 5) is 19.7. The first-order valence-electron chi connectivity index (χ1n) is 8.78. The average molecular weight is 367 g/mol. The van der Waals surface area contributed by atoms with Crippen molar-refractivity contribution in [3.8, 4) is 0 Å². The fourth-order valence-electron chi connectivity index (χ4n) is 3.40. The number of nitrogens with zero attached hydrogens (tertiary/aromatic N) is 2. The van der Waals surface area contributed by atoms with E-state index in [0.29, 0.717) is 12.1 Å². The summed E-state index contributed by atoms with van der Waals surface area (Å²) in [7, 11) is 0. The van der Waals surface area contributed by atoms with Gasteiger partial charge in [0.25, 0.3) is 5.91 Å². The molecule has 3 aromatic rings. The number of hydrogen-bond donors (Lipinski definition) is 2. The molecule has 2 atom stereocenters. The molecular formula is C20H21N3O2S. The Labute approximate surface area is 156 Å². The number of carbonyl (C=O) groups excluding carboxylic acids is 1. The van der Waals surface area contributed by atoms with Crippen LogP contribution in [0.15, 0.2) is 54.9 Å². The number of nitrogens with one attached hydrogen (secondary N) is 1. The summed E-state index contributed by atoms with van der Waals surface area (Å²) in [6.07, 6.45) is 3.37. The summed E-state index contributed by atoms with van der Waals surface area (Å²) in [5.41, 5.74) is 0.569. The first-order chi connectivity index (χ1) is 12.7. The Hall–Kier alpha value is -2.28. The van der Waals surface area contributed by atoms with Gasteiger partial charge in [0.1, 0.15) is 0 Å². The minimum atomic E-state index is -0.566. The van der Waals surface area contributed by atoms with E-state index in [9.17, 15) is 9.90 Å². The normalized spacial score (nSPS) is 21.0. The van der Waals surface area contributed by atoms with Crippen molar-refractivity contribution >= 4 is 27.3 Å². The summed E-state index contributed by atoms with van der Waals surface area (Å²) in [5.74, 6) is -0.158. The molecule has 5 nitrogen and oxygen atoms in total. The van der Waals surface area contributed by atoms with Gasteiger partial charge in [0, 0.05) is 47.2 Å². The SMILES string of the molecule is O=C(N[C@@H]1CCN(Cc2cc3ccccc3s2)C[C@H]1O)c1ccncc1. The number of rotatable bonds is 4. The van der Waals surface area contributed by atoms with Crippen LogP contribution in [0.2, 0.25) is 0 Å². The number of aliphatic hydroxyl groups is 1. The van der Waals surface area contributed by atoms with Crippen LogP contribution in [0, 0.1) is 0 Å². The van der Waals surface area contributed by atoms with Crippen molar-refractivity contribution in [1.29, 1.82) is 0 Å². The lowest BCUT2D eigenvalue weighted by Gasteiger charge is -2.36. The quantitative estimate of drug-likeness (QED) is 0.744. The highest BCUT2D eigenvalue weighted by Gasteiger charge is 2.29. The van der Waals surface area contributed by atoms with Gasteiger partial charge >= 0.3 is 0 Å². The monoisotopic (exact) mass is 367 g/mol. The van der Waals surface area contributed by atoms with Gasteiger partial charge in [-0.15, -0.1) is 11.3 Å². The molecule has 0 aliphatic carbocycles. The topological polar surface area (TPSA) is 65.5 Å². The average Bonchev–Trinajstić information content (AvgIpc) is 3.07. The van der Waals surface area contributed by atoms with Gasteiger partial charge in [0.05, 0.1) is 12.1 Å². The molecule has 26 heavy (non-hydrogen) atoms. The maximum atomic E-state index is 12.3. The number of β-amino-alcohol motifs (C(OH)–C–C–N with tert-alkyl or cyclic N) is 1. The number of pyridine rings is 1. The zero-order valence-corrected chi connectivity index (χ0v) is 15.2. The zero-order chi connectivity index (χ0) is 17.9. The fraction of sp³-hybridized carbons (Fsp3) is 0.300. The van der Waals surface area contributed by atoms with Gasteiger partial charge in [-0.2, -0.15) is 0 Å². The van der Waals surface area contributed by atoms with Crippen molar-refractivity contribution in [2.24, 2.45) is 0 Å². The molecule has 2 aromatic heterocycles. The lowest BCUT2D eigenvalue weighted by Crippen LogP contribution is -2.53. The molecule has 1 fully saturated rings. The number of thiophene rings is 1. The summed E-state index contributed by atoms with van der Waals surface area (Å²) in [6, 6.07) is 13.8. The van der Waals surface area contributed by atoms with Crippen LogP contribution in [0.1, 0.15) is 21.7 Å². The molecule has 0 spiro atoms. The molecule has 134 valence electrons. The van der Waals surface area contributed by atoms with E-state index in [4.69, 9.17) is 0 Å². The first-order valence-corrected chi connectivity index (χ1v) is 9.59. The van der Waals surface area contributed by atoms with E-state index in [0.717, 1.165) is 19.5 Å². The molecule has 2 N–H and O–H groups in total. The van der Waals surface area contributed by atoms with Crippen LogP contribution in [0.4, 0.5) is 0 Å². The number of piperidine rings is 1. The number of benzene rings is 1. The second-order valence-corrected chi connectivity index (χ2v) is 7.83. The standard InChI is InChI=1S/C20H21N3O2S/c24-18-13-23(12-16-11-15-3-1-2-4-19(15)26-16)10-7-17(18)22-20(25)14-5-8-21-9-6-14/h1-6,8-9,11,17-18,24H,7,10,12-13H2,(H,22,25)/t17-,18-/m1/s1.